The number of thiocarbonyl (C=S) groups is 1. The number of ether oxygens (including phenoxy) is 1. The van der Waals surface area contributed by atoms with Gasteiger partial charge < -0.3 is 15.0 Å². The van der Waals surface area contributed by atoms with Gasteiger partial charge in [-0.1, -0.05) is 0 Å². The summed E-state index contributed by atoms with van der Waals surface area (Å²) in [5.74, 6) is 0. The van der Waals surface area contributed by atoms with Crippen LogP contribution in [0.15, 0.2) is 5.10 Å². The lowest BCUT2D eigenvalue weighted by Crippen LogP contribution is -3.14. The fourth-order valence-electron chi connectivity index (χ4n) is 2.51. The van der Waals surface area contributed by atoms with Gasteiger partial charge in [-0.3, -0.25) is 5.43 Å². The third kappa shape index (κ3) is 5.84. The summed E-state index contributed by atoms with van der Waals surface area (Å²) in [5, 5.41) is 8.20. The van der Waals surface area contributed by atoms with Gasteiger partial charge in [-0.05, 0) is 37.9 Å². The molecule has 2 aliphatic rings. The molecule has 1 saturated carbocycles. The van der Waals surface area contributed by atoms with E-state index in [9.17, 15) is 0 Å². The van der Waals surface area contributed by atoms with Gasteiger partial charge in [0.2, 0.25) is 0 Å². The first-order valence-electron chi connectivity index (χ1n) is 7.35. The Morgan fingerprint density at radius 2 is 2.00 bits per heavy atom. The number of hydrogen-bond acceptors (Lipinski definition) is 3. The molecule has 0 aromatic rings. The molecule has 0 amide bonds. The molecule has 0 spiro atoms. The van der Waals surface area contributed by atoms with E-state index >= 15 is 0 Å². The summed E-state index contributed by atoms with van der Waals surface area (Å²) in [5.41, 5.74) is 4.20. The lowest BCUT2D eigenvalue weighted by Gasteiger charge is -2.23. The molecule has 6 heteroatoms. The van der Waals surface area contributed by atoms with E-state index in [1.54, 1.807) is 4.90 Å². The highest BCUT2D eigenvalue weighted by Gasteiger charge is 2.12. The molecule has 1 aliphatic carbocycles. The number of hydrogen-bond donors (Lipinski definition) is 3. The molecule has 0 aromatic carbocycles. The summed E-state index contributed by atoms with van der Waals surface area (Å²) >= 11 is 5.20. The number of hydrazone groups is 1. The van der Waals surface area contributed by atoms with Crippen molar-refractivity contribution in [2.45, 2.75) is 32.1 Å². The second kappa shape index (κ2) is 8.45. The fourth-order valence-corrected chi connectivity index (χ4v) is 2.66. The summed E-state index contributed by atoms with van der Waals surface area (Å²) in [7, 11) is 0. The van der Waals surface area contributed by atoms with Crippen LogP contribution in [0, 0.1) is 0 Å². The Labute approximate surface area is 120 Å². The summed E-state index contributed by atoms with van der Waals surface area (Å²) in [6.07, 6.45) is 5.91. The standard InChI is InChI=1S/C13H24N4OS/c19-13(16-15-12-4-1-2-5-12)14-6-3-7-17-8-10-18-11-9-17/h1-11H2,(H2,14,16,19)/p+1. The van der Waals surface area contributed by atoms with E-state index in [1.807, 2.05) is 0 Å². The van der Waals surface area contributed by atoms with Crippen molar-refractivity contribution in [3.05, 3.63) is 0 Å². The fraction of sp³-hybridized carbons (Fsp3) is 0.846. The topological polar surface area (TPSA) is 50.1 Å². The Bertz CT molecular complexity index is 308. The molecule has 0 atom stereocenters. The SMILES string of the molecule is S=C(NCCC[NH+]1CCOCC1)NN=C1CCCC1. The van der Waals surface area contributed by atoms with Crippen LogP contribution in [0.2, 0.25) is 0 Å². The highest BCUT2D eigenvalue weighted by molar-refractivity contribution is 7.80. The van der Waals surface area contributed by atoms with Crippen LogP contribution in [0.3, 0.4) is 0 Å². The first-order valence-corrected chi connectivity index (χ1v) is 7.76. The largest absolute Gasteiger partial charge is 0.370 e. The highest BCUT2D eigenvalue weighted by atomic mass is 32.1. The Kier molecular flexibility index (Phi) is 6.53. The van der Waals surface area contributed by atoms with Crippen LogP contribution in [0.1, 0.15) is 32.1 Å². The molecule has 0 unspecified atom stereocenters. The van der Waals surface area contributed by atoms with Crippen molar-refractivity contribution in [3.8, 4) is 0 Å². The van der Waals surface area contributed by atoms with Gasteiger partial charge in [0, 0.05) is 18.7 Å². The van der Waals surface area contributed by atoms with Gasteiger partial charge in [0.25, 0.3) is 0 Å². The lowest BCUT2D eigenvalue weighted by molar-refractivity contribution is -0.908. The predicted octanol–water partition coefficient (Wildman–Crippen LogP) is -0.314. The van der Waals surface area contributed by atoms with Crippen molar-refractivity contribution in [1.29, 1.82) is 0 Å². The van der Waals surface area contributed by atoms with Crippen LogP contribution in [-0.2, 0) is 4.74 Å². The molecule has 5 nitrogen and oxygen atoms in total. The van der Waals surface area contributed by atoms with Gasteiger partial charge >= 0.3 is 0 Å². The summed E-state index contributed by atoms with van der Waals surface area (Å²) < 4.78 is 5.34. The second-order valence-corrected chi connectivity index (χ2v) is 5.63. The van der Waals surface area contributed by atoms with Gasteiger partial charge in [0.15, 0.2) is 5.11 Å². The highest BCUT2D eigenvalue weighted by Crippen LogP contribution is 2.13. The maximum atomic E-state index is 5.34. The molecule has 3 N–H and O–H groups in total. The normalized spacial score (nSPS) is 20.3. The molecule has 0 bridgehead atoms. The second-order valence-electron chi connectivity index (χ2n) is 5.22. The molecule has 1 aliphatic heterocycles. The Hall–Kier alpha value is -0.720. The van der Waals surface area contributed by atoms with E-state index in [0.29, 0.717) is 5.11 Å². The van der Waals surface area contributed by atoms with Crippen molar-refractivity contribution in [2.75, 3.05) is 39.4 Å². The van der Waals surface area contributed by atoms with Crippen LogP contribution in [0.25, 0.3) is 0 Å². The first kappa shape index (κ1) is 14.7. The van der Waals surface area contributed by atoms with E-state index < -0.39 is 0 Å². The number of nitrogens with zero attached hydrogens (tertiary/aromatic N) is 1. The lowest BCUT2D eigenvalue weighted by atomic mass is 10.3. The van der Waals surface area contributed by atoms with Crippen LogP contribution < -0.4 is 15.6 Å². The zero-order chi connectivity index (χ0) is 13.3. The molecule has 1 saturated heterocycles. The van der Waals surface area contributed by atoms with Crippen LogP contribution in [0.4, 0.5) is 0 Å². The Morgan fingerprint density at radius 1 is 1.26 bits per heavy atom. The van der Waals surface area contributed by atoms with Gasteiger partial charge in [-0.15, -0.1) is 0 Å². The van der Waals surface area contributed by atoms with E-state index in [1.165, 1.54) is 25.1 Å². The first-order chi connectivity index (χ1) is 9.34. The monoisotopic (exact) mass is 285 g/mol. The maximum Gasteiger partial charge on any atom is 0.186 e. The van der Waals surface area contributed by atoms with E-state index in [4.69, 9.17) is 17.0 Å². The minimum Gasteiger partial charge on any atom is -0.370 e. The Balaban J connectivity index is 1.50. The quantitative estimate of drug-likeness (QED) is 0.368. The predicted molar refractivity (Wildman–Crippen MR) is 80.6 cm³/mol. The Morgan fingerprint density at radius 3 is 2.74 bits per heavy atom. The molecular formula is C13H25N4OS+. The minimum atomic E-state index is 0.649. The molecule has 108 valence electrons. The van der Waals surface area contributed by atoms with Gasteiger partial charge in [0.05, 0.1) is 19.8 Å². The molecule has 1 heterocycles. The van der Waals surface area contributed by atoms with Gasteiger partial charge in [0.1, 0.15) is 13.1 Å². The number of rotatable bonds is 5. The third-order valence-electron chi connectivity index (χ3n) is 3.69. The number of morpholine rings is 1. The molecule has 19 heavy (non-hydrogen) atoms. The molecule has 2 fully saturated rings. The number of quaternary nitrogens is 1. The van der Waals surface area contributed by atoms with Crippen LogP contribution in [-0.4, -0.2) is 50.2 Å². The third-order valence-corrected chi connectivity index (χ3v) is 3.92. The van der Waals surface area contributed by atoms with Crippen molar-refractivity contribution >= 4 is 23.0 Å². The molecule has 0 aromatic heterocycles. The van der Waals surface area contributed by atoms with Crippen molar-refractivity contribution in [1.82, 2.24) is 10.7 Å². The van der Waals surface area contributed by atoms with Gasteiger partial charge in [-0.2, -0.15) is 5.10 Å². The van der Waals surface area contributed by atoms with Crippen molar-refractivity contribution < 1.29 is 9.64 Å². The maximum absolute atomic E-state index is 5.34. The van der Waals surface area contributed by atoms with Crippen molar-refractivity contribution in [3.63, 3.8) is 0 Å². The van der Waals surface area contributed by atoms with Crippen molar-refractivity contribution in [2.24, 2.45) is 5.10 Å². The molecule has 2 rings (SSSR count). The zero-order valence-corrected chi connectivity index (χ0v) is 12.4. The van der Waals surface area contributed by atoms with E-state index in [2.05, 4.69) is 15.8 Å². The van der Waals surface area contributed by atoms with Gasteiger partial charge in [-0.25, -0.2) is 0 Å². The summed E-state index contributed by atoms with van der Waals surface area (Å²) in [6, 6.07) is 0. The smallest absolute Gasteiger partial charge is 0.186 e. The molecule has 0 radical (unpaired) electrons. The zero-order valence-electron chi connectivity index (χ0n) is 11.5. The summed E-state index contributed by atoms with van der Waals surface area (Å²) in [6.45, 7) is 6.18. The number of nitrogens with one attached hydrogen (secondary N) is 3. The van der Waals surface area contributed by atoms with Crippen LogP contribution >= 0.6 is 12.2 Å². The minimum absolute atomic E-state index is 0.649. The van der Waals surface area contributed by atoms with E-state index in [0.717, 1.165) is 52.1 Å². The van der Waals surface area contributed by atoms with E-state index in [-0.39, 0.29) is 0 Å². The molecular weight excluding hydrogens is 260 g/mol. The average Bonchev–Trinajstić information content (AvgIpc) is 2.96. The average molecular weight is 285 g/mol. The van der Waals surface area contributed by atoms with Crippen LogP contribution in [0.5, 0.6) is 0 Å². The summed E-state index contributed by atoms with van der Waals surface area (Å²) in [4.78, 5) is 1.64.